The largest absolute Gasteiger partial charge is 0.300 e. The maximum atomic E-state index is 11.0. The van der Waals surface area contributed by atoms with Crippen molar-refractivity contribution in [3.63, 3.8) is 0 Å². The summed E-state index contributed by atoms with van der Waals surface area (Å²) >= 11 is 0. The minimum Gasteiger partial charge on any atom is -0.300 e. The molecule has 0 atom stereocenters. The molecule has 20 heavy (non-hydrogen) atoms. The molecule has 0 radical (unpaired) electrons. The predicted octanol–water partition coefficient (Wildman–Crippen LogP) is 5.97. The Labute approximate surface area is 125 Å². The summed E-state index contributed by atoms with van der Waals surface area (Å²) in [6, 6.07) is 10.1. The van der Waals surface area contributed by atoms with Crippen LogP contribution in [0.2, 0.25) is 0 Å². The number of rotatable bonds is 4. The highest BCUT2D eigenvalue weighted by atomic mass is 16.1. The lowest BCUT2D eigenvalue weighted by molar-refractivity contribution is -0.118. The minimum absolute atomic E-state index is 0.346. The lowest BCUT2D eigenvalue weighted by Crippen LogP contribution is -1.97. The second kappa shape index (κ2) is 14.3. The summed E-state index contributed by atoms with van der Waals surface area (Å²) in [5.74, 6) is 0.346. The van der Waals surface area contributed by atoms with Crippen LogP contribution in [0, 0.1) is 0 Å². The molecule has 1 aliphatic carbocycles. The summed E-state index contributed by atoms with van der Waals surface area (Å²) in [5.41, 5.74) is 1.25. The van der Waals surface area contributed by atoms with E-state index in [1.807, 2.05) is 39.0 Å². The predicted molar refractivity (Wildman–Crippen MR) is 89.1 cm³/mol. The summed E-state index contributed by atoms with van der Waals surface area (Å²) < 4.78 is 0. The normalized spacial score (nSPS) is 13.3. The molecular formula is C19H32O. The molecule has 0 spiro atoms. The van der Waals surface area contributed by atoms with Crippen molar-refractivity contribution in [2.24, 2.45) is 0 Å². The van der Waals surface area contributed by atoms with Gasteiger partial charge < -0.3 is 0 Å². The average molecular weight is 276 g/mol. The molecule has 1 saturated carbocycles. The number of ketones is 1. The molecule has 0 saturated heterocycles. The zero-order valence-electron chi connectivity index (χ0n) is 13.7. The summed E-state index contributed by atoms with van der Waals surface area (Å²) in [5, 5.41) is 0. The second-order valence-electron chi connectivity index (χ2n) is 5.00. The van der Waals surface area contributed by atoms with Gasteiger partial charge in [0.2, 0.25) is 0 Å². The molecule has 2 rings (SSSR count). The van der Waals surface area contributed by atoms with Gasteiger partial charge in [-0.2, -0.15) is 0 Å². The van der Waals surface area contributed by atoms with Crippen molar-refractivity contribution in [1.29, 1.82) is 0 Å². The molecule has 1 aliphatic rings. The fourth-order valence-corrected chi connectivity index (χ4v) is 2.17. The number of hydrogen-bond acceptors (Lipinski definition) is 1. The van der Waals surface area contributed by atoms with Crippen LogP contribution in [0.5, 0.6) is 0 Å². The van der Waals surface area contributed by atoms with Crippen LogP contribution in [0.3, 0.4) is 0 Å². The highest BCUT2D eigenvalue weighted by Gasteiger charge is 1.98. The Morgan fingerprint density at radius 3 is 1.75 bits per heavy atom. The zero-order chi connectivity index (χ0) is 15.1. The van der Waals surface area contributed by atoms with E-state index in [4.69, 9.17) is 0 Å². The third kappa shape index (κ3) is 10.8. The lowest BCUT2D eigenvalue weighted by atomic mass is 10.0. The molecule has 0 aliphatic heterocycles. The monoisotopic (exact) mass is 276 g/mol. The van der Waals surface area contributed by atoms with E-state index >= 15 is 0 Å². The molecule has 1 heteroatoms. The molecule has 1 nitrogen and oxygen atoms in total. The van der Waals surface area contributed by atoms with Crippen LogP contribution in [-0.2, 0) is 11.2 Å². The van der Waals surface area contributed by atoms with Crippen LogP contribution >= 0.6 is 0 Å². The third-order valence-corrected chi connectivity index (χ3v) is 3.43. The van der Waals surface area contributed by atoms with Crippen LogP contribution in [0.4, 0.5) is 0 Å². The maximum absolute atomic E-state index is 11.0. The number of hydrogen-bond donors (Lipinski definition) is 0. The quantitative estimate of drug-likeness (QED) is 0.662. The van der Waals surface area contributed by atoms with Crippen molar-refractivity contribution < 1.29 is 4.79 Å². The van der Waals surface area contributed by atoms with E-state index in [9.17, 15) is 4.79 Å². The van der Waals surface area contributed by atoms with Crippen molar-refractivity contribution in [3.8, 4) is 0 Å². The smallest absolute Gasteiger partial charge is 0.132 e. The summed E-state index contributed by atoms with van der Waals surface area (Å²) in [6.07, 6.45) is 11.2. The van der Waals surface area contributed by atoms with Gasteiger partial charge in [0.05, 0.1) is 0 Å². The van der Waals surface area contributed by atoms with Crippen molar-refractivity contribution in [2.45, 2.75) is 78.6 Å². The second-order valence-corrected chi connectivity index (χ2v) is 5.00. The molecule has 0 N–H and O–H groups in total. The number of aryl methyl sites for hydroxylation is 1. The number of Topliss-reactive ketones (excluding diaryl/α,β-unsaturated/α-hetero) is 1. The average Bonchev–Trinajstić information content (AvgIpc) is 2.57. The molecule has 1 fully saturated rings. The van der Waals surface area contributed by atoms with Gasteiger partial charge in [0, 0.05) is 12.8 Å². The van der Waals surface area contributed by atoms with Gasteiger partial charge in [-0.25, -0.2) is 0 Å². The molecule has 1 aromatic carbocycles. The SMILES string of the molecule is C1CCCCC1.CC.CCC(=O)CCc1ccccc1. The van der Waals surface area contributed by atoms with Crippen molar-refractivity contribution in [1.82, 2.24) is 0 Å². The molecule has 0 unspecified atom stereocenters. The lowest BCUT2D eigenvalue weighted by Gasteiger charge is -2.05. The van der Waals surface area contributed by atoms with Gasteiger partial charge in [-0.05, 0) is 12.0 Å². The van der Waals surface area contributed by atoms with E-state index in [-0.39, 0.29) is 0 Å². The van der Waals surface area contributed by atoms with Crippen molar-refractivity contribution in [2.75, 3.05) is 0 Å². The zero-order valence-corrected chi connectivity index (χ0v) is 13.7. The first-order chi connectivity index (χ1) is 9.83. The van der Waals surface area contributed by atoms with E-state index in [2.05, 4.69) is 12.1 Å². The fourth-order valence-electron chi connectivity index (χ4n) is 2.17. The Morgan fingerprint density at radius 2 is 1.35 bits per heavy atom. The van der Waals surface area contributed by atoms with Crippen LogP contribution in [0.15, 0.2) is 30.3 Å². The number of carbonyl (C=O) groups is 1. The number of benzene rings is 1. The molecule has 0 amide bonds. The molecule has 0 bridgehead atoms. The van der Waals surface area contributed by atoms with E-state index in [1.165, 1.54) is 44.1 Å². The highest BCUT2D eigenvalue weighted by molar-refractivity contribution is 5.78. The first-order valence-electron chi connectivity index (χ1n) is 8.38. The first kappa shape index (κ1) is 18.9. The Morgan fingerprint density at radius 1 is 0.900 bits per heavy atom. The Hall–Kier alpha value is -1.11. The maximum Gasteiger partial charge on any atom is 0.132 e. The minimum atomic E-state index is 0.346. The van der Waals surface area contributed by atoms with Gasteiger partial charge in [0.15, 0.2) is 0 Å². The molecular weight excluding hydrogens is 244 g/mol. The van der Waals surface area contributed by atoms with E-state index < -0.39 is 0 Å². The summed E-state index contributed by atoms with van der Waals surface area (Å²) in [6.45, 7) is 5.91. The molecule has 0 aromatic heterocycles. The Balaban J connectivity index is 0.000000377. The van der Waals surface area contributed by atoms with E-state index in [0.717, 1.165) is 6.42 Å². The van der Waals surface area contributed by atoms with Gasteiger partial charge in [-0.3, -0.25) is 4.79 Å². The summed E-state index contributed by atoms with van der Waals surface area (Å²) in [7, 11) is 0. The topological polar surface area (TPSA) is 17.1 Å². The van der Waals surface area contributed by atoms with Crippen LogP contribution in [-0.4, -0.2) is 5.78 Å². The molecule has 114 valence electrons. The number of carbonyl (C=O) groups excluding carboxylic acids is 1. The van der Waals surface area contributed by atoms with Gasteiger partial charge in [0.25, 0.3) is 0 Å². The molecule has 1 aromatic rings. The van der Waals surface area contributed by atoms with Gasteiger partial charge in [-0.1, -0.05) is 89.6 Å². The van der Waals surface area contributed by atoms with Crippen molar-refractivity contribution in [3.05, 3.63) is 35.9 Å². The first-order valence-corrected chi connectivity index (χ1v) is 8.38. The Kier molecular flexibility index (Phi) is 13.5. The van der Waals surface area contributed by atoms with E-state index in [1.54, 1.807) is 0 Å². The molecule has 0 heterocycles. The van der Waals surface area contributed by atoms with Crippen LogP contribution < -0.4 is 0 Å². The van der Waals surface area contributed by atoms with Crippen LogP contribution in [0.1, 0.15) is 77.7 Å². The summed E-state index contributed by atoms with van der Waals surface area (Å²) in [4.78, 5) is 11.0. The van der Waals surface area contributed by atoms with Gasteiger partial charge in [-0.15, -0.1) is 0 Å². The van der Waals surface area contributed by atoms with Crippen molar-refractivity contribution >= 4 is 5.78 Å². The standard InChI is InChI=1S/C11H14O.C6H12.C2H6/c1-2-11(12)9-8-10-6-4-3-5-7-10;1-2-4-6-5-3-1;1-2/h3-7H,2,8-9H2,1H3;1-6H2;1-2H3. The highest BCUT2D eigenvalue weighted by Crippen LogP contribution is 2.15. The van der Waals surface area contributed by atoms with Gasteiger partial charge >= 0.3 is 0 Å². The fraction of sp³-hybridized carbons (Fsp3) is 0.632. The van der Waals surface area contributed by atoms with Crippen LogP contribution in [0.25, 0.3) is 0 Å². The van der Waals surface area contributed by atoms with Gasteiger partial charge in [0.1, 0.15) is 5.78 Å². The Bertz CT molecular complexity index is 300. The van der Waals surface area contributed by atoms with E-state index in [0.29, 0.717) is 18.6 Å². The third-order valence-electron chi connectivity index (χ3n) is 3.43.